The van der Waals surface area contributed by atoms with Crippen LogP contribution in [0.25, 0.3) is 0 Å². The summed E-state index contributed by atoms with van der Waals surface area (Å²) in [7, 11) is 0. The first-order chi connectivity index (χ1) is 7.03. The molecule has 1 aliphatic carbocycles. The number of hydrogen-bond acceptors (Lipinski definition) is 1. The van der Waals surface area contributed by atoms with Gasteiger partial charge < -0.3 is 5.11 Å². The lowest BCUT2D eigenvalue weighted by atomic mass is 9.62. The Kier molecular flexibility index (Phi) is 4.15. The van der Waals surface area contributed by atoms with Crippen molar-refractivity contribution < 1.29 is 5.11 Å². The number of aliphatic hydroxyl groups is 1. The third-order valence-electron chi connectivity index (χ3n) is 4.05. The van der Waals surface area contributed by atoms with E-state index in [0.29, 0.717) is 18.4 Å². The van der Waals surface area contributed by atoms with Crippen molar-refractivity contribution in [3.63, 3.8) is 0 Å². The predicted octanol–water partition coefficient (Wildman–Crippen LogP) is 3.55. The van der Waals surface area contributed by atoms with Gasteiger partial charge in [-0.3, -0.25) is 0 Å². The van der Waals surface area contributed by atoms with Crippen LogP contribution < -0.4 is 0 Å². The maximum absolute atomic E-state index is 8.99. The molecule has 0 aromatic heterocycles. The molecule has 0 heterocycles. The van der Waals surface area contributed by atoms with E-state index in [1.165, 1.54) is 24.8 Å². The Labute approximate surface area is 93.9 Å². The molecule has 1 nitrogen and oxygen atoms in total. The van der Waals surface area contributed by atoms with Crippen molar-refractivity contribution in [3.05, 3.63) is 24.8 Å². The van der Waals surface area contributed by atoms with Crippen LogP contribution >= 0.6 is 0 Å². The molecule has 0 aromatic carbocycles. The standard InChI is InChI=1S/C14H24O/c1-5-14(4)8-6-12(7-9-15)10-13(14)11(2)3/h5,12-13,15H,1-2,6-10H2,3-4H3/t12-,13-,14+/m1/s1. The molecule has 0 amide bonds. The molecule has 0 bridgehead atoms. The molecule has 0 aliphatic heterocycles. The molecule has 1 N–H and O–H groups in total. The molecule has 1 heteroatoms. The second kappa shape index (κ2) is 4.98. The molecular formula is C14H24O. The molecule has 15 heavy (non-hydrogen) atoms. The molecule has 1 fully saturated rings. The molecule has 0 spiro atoms. The highest BCUT2D eigenvalue weighted by molar-refractivity contribution is 5.11. The third kappa shape index (κ3) is 2.72. The van der Waals surface area contributed by atoms with E-state index in [1.807, 2.05) is 0 Å². The zero-order valence-electron chi connectivity index (χ0n) is 10.1. The maximum Gasteiger partial charge on any atom is 0.0433 e. The molecule has 1 saturated carbocycles. The molecule has 0 saturated heterocycles. The average Bonchev–Trinajstić information content (AvgIpc) is 2.21. The summed E-state index contributed by atoms with van der Waals surface area (Å²) in [5.41, 5.74) is 1.48. The summed E-state index contributed by atoms with van der Waals surface area (Å²) in [6.45, 7) is 12.8. The van der Waals surface area contributed by atoms with Crippen molar-refractivity contribution in [1.82, 2.24) is 0 Å². The lowest BCUT2D eigenvalue weighted by Gasteiger charge is -2.43. The minimum Gasteiger partial charge on any atom is -0.396 e. The molecule has 3 atom stereocenters. The van der Waals surface area contributed by atoms with E-state index >= 15 is 0 Å². The minimum absolute atomic E-state index is 0.220. The minimum atomic E-state index is 0.220. The molecule has 1 aliphatic rings. The second-order valence-electron chi connectivity index (χ2n) is 5.26. The van der Waals surface area contributed by atoms with Gasteiger partial charge in [0.1, 0.15) is 0 Å². The van der Waals surface area contributed by atoms with Gasteiger partial charge in [-0.1, -0.05) is 25.2 Å². The fourth-order valence-corrected chi connectivity index (χ4v) is 2.86. The summed E-state index contributed by atoms with van der Waals surface area (Å²) in [5.74, 6) is 1.21. The lowest BCUT2D eigenvalue weighted by Crippen LogP contribution is -2.33. The molecule has 0 radical (unpaired) electrons. The highest BCUT2D eigenvalue weighted by atomic mass is 16.3. The van der Waals surface area contributed by atoms with E-state index in [9.17, 15) is 0 Å². The first-order valence-electron chi connectivity index (χ1n) is 5.93. The fourth-order valence-electron chi connectivity index (χ4n) is 2.86. The van der Waals surface area contributed by atoms with Crippen molar-refractivity contribution >= 4 is 0 Å². The van der Waals surface area contributed by atoms with E-state index in [0.717, 1.165) is 6.42 Å². The summed E-state index contributed by atoms with van der Waals surface area (Å²) in [6, 6.07) is 0. The zero-order valence-corrected chi connectivity index (χ0v) is 10.1. The van der Waals surface area contributed by atoms with Gasteiger partial charge in [0.2, 0.25) is 0 Å². The Bertz CT molecular complexity index is 244. The van der Waals surface area contributed by atoms with Crippen LogP contribution in [-0.2, 0) is 0 Å². The second-order valence-corrected chi connectivity index (χ2v) is 5.26. The Hall–Kier alpha value is -0.560. The average molecular weight is 208 g/mol. The first kappa shape index (κ1) is 12.5. The van der Waals surface area contributed by atoms with E-state index in [-0.39, 0.29) is 5.41 Å². The van der Waals surface area contributed by atoms with E-state index in [4.69, 9.17) is 5.11 Å². The SMILES string of the molecule is C=C[C@@]1(C)CC[C@H](CCO)C[C@@H]1C(=C)C. The highest BCUT2D eigenvalue weighted by Gasteiger charge is 2.37. The monoisotopic (exact) mass is 208 g/mol. The van der Waals surface area contributed by atoms with Crippen LogP contribution in [0.1, 0.15) is 39.5 Å². The summed E-state index contributed by atoms with van der Waals surface area (Å²) in [6.07, 6.45) is 6.60. The number of rotatable bonds is 4. The molecule has 86 valence electrons. The number of aliphatic hydroxyl groups excluding tert-OH is 1. The van der Waals surface area contributed by atoms with Crippen LogP contribution in [0.15, 0.2) is 24.8 Å². The lowest BCUT2D eigenvalue weighted by molar-refractivity contribution is 0.131. The summed E-state index contributed by atoms with van der Waals surface area (Å²) < 4.78 is 0. The third-order valence-corrected chi connectivity index (χ3v) is 4.05. The van der Waals surface area contributed by atoms with Crippen molar-refractivity contribution in [2.45, 2.75) is 39.5 Å². The van der Waals surface area contributed by atoms with Gasteiger partial charge in [0, 0.05) is 6.61 Å². The van der Waals surface area contributed by atoms with Gasteiger partial charge in [-0.15, -0.1) is 6.58 Å². The van der Waals surface area contributed by atoms with Gasteiger partial charge in [0.25, 0.3) is 0 Å². The van der Waals surface area contributed by atoms with Crippen molar-refractivity contribution in [3.8, 4) is 0 Å². The van der Waals surface area contributed by atoms with Gasteiger partial charge in [0.05, 0.1) is 0 Å². The molecule has 0 unspecified atom stereocenters. The predicted molar refractivity (Wildman–Crippen MR) is 65.7 cm³/mol. The topological polar surface area (TPSA) is 20.2 Å². The van der Waals surface area contributed by atoms with Crippen LogP contribution in [0.2, 0.25) is 0 Å². The van der Waals surface area contributed by atoms with Gasteiger partial charge in [-0.05, 0) is 49.9 Å². The Balaban J connectivity index is 2.74. The molecular weight excluding hydrogens is 184 g/mol. The van der Waals surface area contributed by atoms with Crippen LogP contribution in [0, 0.1) is 17.3 Å². The maximum atomic E-state index is 8.99. The zero-order chi connectivity index (χ0) is 11.5. The summed E-state index contributed by atoms with van der Waals surface area (Å²) >= 11 is 0. The van der Waals surface area contributed by atoms with Gasteiger partial charge in [-0.25, -0.2) is 0 Å². The van der Waals surface area contributed by atoms with E-state index < -0.39 is 0 Å². The molecule has 1 rings (SSSR count). The van der Waals surface area contributed by atoms with E-state index in [1.54, 1.807) is 0 Å². The van der Waals surface area contributed by atoms with E-state index in [2.05, 4.69) is 33.1 Å². The highest BCUT2D eigenvalue weighted by Crippen LogP contribution is 2.47. The van der Waals surface area contributed by atoms with Crippen LogP contribution in [-0.4, -0.2) is 11.7 Å². The van der Waals surface area contributed by atoms with Gasteiger partial charge in [-0.2, -0.15) is 0 Å². The van der Waals surface area contributed by atoms with Gasteiger partial charge in [0.15, 0.2) is 0 Å². The summed E-state index contributed by atoms with van der Waals surface area (Å²) in [4.78, 5) is 0. The largest absolute Gasteiger partial charge is 0.396 e. The van der Waals surface area contributed by atoms with Crippen LogP contribution in [0.5, 0.6) is 0 Å². The van der Waals surface area contributed by atoms with Crippen LogP contribution in [0.4, 0.5) is 0 Å². The van der Waals surface area contributed by atoms with Crippen molar-refractivity contribution in [1.29, 1.82) is 0 Å². The van der Waals surface area contributed by atoms with Crippen LogP contribution in [0.3, 0.4) is 0 Å². The van der Waals surface area contributed by atoms with Crippen molar-refractivity contribution in [2.75, 3.05) is 6.61 Å². The fraction of sp³-hybridized carbons (Fsp3) is 0.714. The van der Waals surface area contributed by atoms with Gasteiger partial charge >= 0.3 is 0 Å². The number of allylic oxidation sites excluding steroid dienone is 2. The Morgan fingerprint density at radius 2 is 2.27 bits per heavy atom. The normalized spacial score (nSPS) is 36.2. The molecule has 0 aromatic rings. The quantitative estimate of drug-likeness (QED) is 0.700. The summed E-state index contributed by atoms with van der Waals surface area (Å²) in [5, 5.41) is 8.99. The smallest absolute Gasteiger partial charge is 0.0433 e. The van der Waals surface area contributed by atoms with Crippen molar-refractivity contribution in [2.24, 2.45) is 17.3 Å². The number of hydrogen-bond donors (Lipinski definition) is 1. The Morgan fingerprint density at radius 3 is 2.73 bits per heavy atom. The first-order valence-corrected chi connectivity index (χ1v) is 5.93. The Morgan fingerprint density at radius 1 is 1.60 bits per heavy atom.